The van der Waals surface area contributed by atoms with Crippen molar-refractivity contribution in [2.24, 2.45) is 0 Å². The van der Waals surface area contributed by atoms with Crippen LogP contribution in [0.1, 0.15) is 40.9 Å². The Bertz CT molecular complexity index is 949. The molecule has 3 rings (SSSR count). The summed E-state index contributed by atoms with van der Waals surface area (Å²) >= 11 is 0. The van der Waals surface area contributed by atoms with Gasteiger partial charge in [-0.15, -0.1) is 0 Å². The summed E-state index contributed by atoms with van der Waals surface area (Å²) in [6.07, 6.45) is 4.90. The van der Waals surface area contributed by atoms with Crippen molar-refractivity contribution >= 4 is 17.5 Å². The smallest absolute Gasteiger partial charge is 0.254 e. The monoisotopic (exact) mass is 390 g/mol. The maximum atomic E-state index is 12.4. The second-order valence-electron chi connectivity index (χ2n) is 6.57. The lowest BCUT2D eigenvalue weighted by Crippen LogP contribution is -2.23. The lowest BCUT2D eigenvalue weighted by Gasteiger charge is -2.14. The summed E-state index contributed by atoms with van der Waals surface area (Å²) in [4.78, 5) is 21.1. The van der Waals surface area contributed by atoms with Crippen molar-refractivity contribution in [3.05, 3.63) is 77.1 Å². The van der Waals surface area contributed by atoms with Gasteiger partial charge in [0.15, 0.2) is 0 Å². The first kappa shape index (κ1) is 20.3. The van der Waals surface area contributed by atoms with Gasteiger partial charge in [0.1, 0.15) is 5.75 Å². The average molecular weight is 390 g/mol. The highest BCUT2D eigenvalue weighted by molar-refractivity contribution is 5.93. The molecule has 0 aliphatic rings. The minimum atomic E-state index is -0.231. The molecule has 1 heterocycles. The van der Waals surface area contributed by atoms with Crippen LogP contribution in [0.25, 0.3) is 0 Å². The molecule has 0 fully saturated rings. The molecule has 0 unspecified atom stereocenters. The number of rotatable bonds is 8. The second kappa shape index (κ2) is 9.68. The Hall–Kier alpha value is -3.41. The summed E-state index contributed by atoms with van der Waals surface area (Å²) in [5, 5.41) is 6.19. The van der Waals surface area contributed by atoms with E-state index in [4.69, 9.17) is 4.74 Å². The largest absolute Gasteiger partial charge is 0.496 e. The fourth-order valence-electron chi connectivity index (χ4n) is 3.15. The quantitative estimate of drug-likeness (QED) is 0.600. The van der Waals surface area contributed by atoms with Crippen LogP contribution in [-0.2, 0) is 19.4 Å². The molecule has 0 saturated heterocycles. The number of nitrogens with one attached hydrogen (secondary N) is 2. The molecule has 0 spiro atoms. The molecule has 0 radical (unpaired) electrons. The van der Waals surface area contributed by atoms with Crippen LogP contribution in [0.15, 0.2) is 54.9 Å². The van der Waals surface area contributed by atoms with E-state index in [0.29, 0.717) is 18.1 Å². The van der Waals surface area contributed by atoms with Gasteiger partial charge in [-0.1, -0.05) is 50.2 Å². The van der Waals surface area contributed by atoms with Gasteiger partial charge >= 0.3 is 0 Å². The number of methoxy groups -OCH3 is 1. The molecule has 150 valence electrons. The Morgan fingerprint density at radius 1 is 0.931 bits per heavy atom. The topological polar surface area (TPSA) is 76.1 Å². The Labute approximate surface area is 171 Å². The van der Waals surface area contributed by atoms with Crippen LogP contribution in [0.2, 0.25) is 0 Å². The maximum absolute atomic E-state index is 12.4. The standard InChI is InChI=1S/C23H26N4O2/c1-4-16-10-8-11-17(5-2)21(16)27-23-25-14-19(15-26-23)22(28)24-13-18-9-6-7-12-20(18)29-3/h6-12,14-15H,4-5,13H2,1-3H3,(H,24,28)(H,25,26,27). The van der Waals surface area contributed by atoms with Crippen LogP contribution in [0.4, 0.5) is 11.6 Å². The Balaban J connectivity index is 1.68. The number of amides is 1. The van der Waals surface area contributed by atoms with E-state index in [9.17, 15) is 4.79 Å². The van der Waals surface area contributed by atoms with Crippen molar-refractivity contribution < 1.29 is 9.53 Å². The number of aryl methyl sites for hydroxylation is 2. The Morgan fingerprint density at radius 2 is 1.55 bits per heavy atom. The first-order valence-corrected chi connectivity index (χ1v) is 9.76. The molecular formula is C23H26N4O2. The fourth-order valence-corrected chi connectivity index (χ4v) is 3.15. The lowest BCUT2D eigenvalue weighted by molar-refractivity contribution is 0.0950. The van der Waals surface area contributed by atoms with E-state index in [1.54, 1.807) is 7.11 Å². The van der Waals surface area contributed by atoms with E-state index in [2.05, 4.69) is 52.6 Å². The molecule has 0 saturated carbocycles. The molecule has 0 aliphatic carbocycles. The molecule has 6 heteroatoms. The third-order valence-corrected chi connectivity index (χ3v) is 4.78. The zero-order valence-electron chi connectivity index (χ0n) is 17.0. The minimum Gasteiger partial charge on any atom is -0.496 e. The molecule has 6 nitrogen and oxygen atoms in total. The van der Waals surface area contributed by atoms with Gasteiger partial charge in [-0.3, -0.25) is 4.79 Å². The predicted molar refractivity (Wildman–Crippen MR) is 115 cm³/mol. The number of nitrogens with zero attached hydrogens (tertiary/aromatic N) is 2. The lowest BCUT2D eigenvalue weighted by atomic mass is 10.0. The summed E-state index contributed by atoms with van der Waals surface area (Å²) in [7, 11) is 1.61. The number of benzene rings is 2. The van der Waals surface area contributed by atoms with E-state index in [-0.39, 0.29) is 5.91 Å². The number of ether oxygens (including phenoxy) is 1. The molecule has 1 aromatic heterocycles. The van der Waals surface area contributed by atoms with Crippen LogP contribution in [0, 0.1) is 0 Å². The molecule has 0 atom stereocenters. The molecule has 0 aliphatic heterocycles. The van der Waals surface area contributed by atoms with Crippen LogP contribution in [0.3, 0.4) is 0 Å². The molecule has 29 heavy (non-hydrogen) atoms. The van der Waals surface area contributed by atoms with Gasteiger partial charge in [0.25, 0.3) is 5.91 Å². The summed E-state index contributed by atoms with van der Waals surface area (Å²) in [6.45, 7) is 4.61. The highest BCUT2D eigenvalue weighted by Gasteiger charge is 2.11. The number of carbonyl (C=O) groups excluding carboxylic acids is 1. The Morgan fingerprint density at radius 3 is 2.17 bits per heavy atom. The maximum Gasteiger partial charge on any atom is 0.254 e. The van der Waals surface area contributed by atoms with Crippen molar-refractivity contribution in [3.63, 3.8) is 0 Å². The van der Waals surface area contributed by atoms with E-state index in [0.717, 1.165) is 29.8 Å². The summed E-state index contributed by atoms with van der Waals surface area (Å²) < 4.78 is 5.31. The molecule has 0 bridgehead atoms. The number of anilines is 2. The molecular weight excluding hydrogens is 364 g/mol. The number of hydrogen-bond acceptors (Lipinski definition) is 5. The summed E-state index contributed by atoms with van der Waals surface area (Å²) in [5.74, 6) is 0.984. The second-order valence-corrected chi connectivity index (χ2v) is 6.57. The van der Waals surface area contributed by atoms with E-state index >= 15 is 0 Å². The highest BCUT2D eigenvalue weighted by atomic mass is 16.5. The molecule has 3 aromatic rings. The van der Waals surface area contributed by atoms with Gasteiger partial charge < -0.3 is 15.4 Å². The van der Waals surface area contributed by atoms with Crippen molar-refractivity contribution in [1.29, 1.82) is 0 Å². The SMILES string of the molecule is CCc1cccc(CC)c1Nc1ncc(C(=O)NCc2ccccc2OC)cn1. The number of para-hydroxylation sites is 2. The summed E-state index contributed by atoms with van der Waals surface area (Å²) in [6, 6.07) is 13.8. The zero-order valence-corrected chi connectivity index (χ0v) is 17.0. The third kappa shape index (κ3) is 4.90. The van der Waals surface area contributed by atoms with Gasteiger partial charge in [0, 0.05) is 30.2 Å². The minimum absolute atomic E-state index is 0.231. The number of aromatic nitrogens is 2. The van der Waals surface area contributed by atoms with Crippen molar-refractivity contribution in [2.75, 3.05) is 12.4 Å². The van der Waals surface area contributed by atoms with Gasteiger partial charge in [-0.05, 0) is 30.0 Å². The van der Waals surface area contributed by atoms with Crippen LogP contribution in [0.5, 0.6) is 5.75 Å². The first-order chi connectivity index (χ1) is 14.2. The molecule has 1 amide bonds. The predicted octanol–water partition coefficient (Wildman–Crippen LogP) is 4.28. The summed E-state index contributed by atoms with van der Waals surface area (Å²) in [5.41, 5.74) is 4.79. The van der Waals surface area contributed by atoms with Crippen molar-refractivity contribution in [1.82, 2.24) is 15.3 Å². The van der Waals surface area contributed by atoms with E-state index in [1.165, 1.54) is 23.5 Å². The number of hydrogen-bond donors (Lipinski definition) is 2. The van der Waals surface area contributed by atoms with Gasteiger partial charge in [-0.25, -0.2) is 9.97 Å². The van der Waals surface area contributed by atoms with Gasteiger partial charge in [0.2, 0.25) is 5.95 Å². The van der Waals surface area contributed by atoms with Crippen LogP contribution < -0.4 is 15.4 Å². The molecule has 2 aromatic carbocycles. The first-order valence-electron chi connectivity index (χ1n) is 9.76. The normalized spacial score (nSPS) is 10.4. The van der Waals surface area contributed by atoms with Crippen LogP contribution in [-0.4, -0.2) is 23.0 Å². The average Bonchev–Trinajstić information content (AvgIpc) is 2.78. The van der Waals surface area contributed by atoms with E-state index in [1.807, 2.05) is 24.3 Å². The van der Waals surface area contributed by atoms with Crippen molar-refractivity contribution in [2.45, 2.75) is 33.2 Å². The zero-order chi connectivity index (χ0) is 20.6. The van der Waals surface area contributed by atoms with E-state index < -0.39 is 0 Å². The highest BCUT2D eigenvalue weighted by Crippen LogP contribution is 2.25. The third-order valence-electron chi connectivity index (χ3n) is 4.78. The fraction of sp³-hybridized carbons (Fsp3) is 0.261. The molecule has 2 N–H and O–H groups in total. The van der Waals surface area contributed by atoms with Gasteiger partial charge in [0.05, 0.1) is 12.7 Å². The number of carbonyl (C=O) groups is 1. The van der Waals surface area contributed by atoms with Gasteiger partial charge in [-0.2, -0.15) is 0 Å². The van der Waals surface area contributed by atoms with Crippen LogP contribution >= 0.6 is 0 Å². The Kier molecular flexibility index (Phi) is 6.79. The van der Waals surface area contributed by atoms with Crippen molar-refractivity contribution in [3.8, 4) is 5.75 Å².